The molecule has 0 bridgehead atoms. The fraction of sp³-hybridized carbons (Fsp3) is 0.429. The Morgan fingerprint density at radius 2 is 1.81 bits per heavy atom. The summed E-state index contributed by atoms with van der Waals surface area (Å²) in [5, 5.41) is 7.68. The number of methoxy groups -OCH3 is 1. The predicted molar refractivity (Wildman–Crippen MR) is 142 cm³/mol. The molecule has 1 saturated heterocycles. The van der Waals surface area contributed by atoms with E-state index in [9.17, 15) is 4.79 Å². The van der Waals surface area contributed by atoms with Gasteiger partial charge in [-0.25, -0.2) is 9.78 Å². The molecule has 5 rings (SSSR count). The van der Waals surface area contributed by atoms with Gasteiger partial charge in [-0.3, -0.25) is 0 Å². The molecule has 0 saturated carbocycles. The third-order valence-corrected chi connectivity index (χ3v) is 6.48. The van der Waals surface area contributed by atoms with Crippen LogP contribution in [0.15, 0.2) is 42.5 Å². The first-order chi connectivity index (χ1) is 17.6. The molecule has 0 aliphatic carbocycles. The second-order valence-corrected chi connectivity index (χ2v) is 8.73. The number of fused-ring (bicyclic) bond motifs is 2. The average Bonchev–Trinajstić information content (AvgIpc) is 2.94. The van der Waals surface area contributed by atoms with Crippen molar-refractivity contribution in [3.63, 3.8) is 0 Å². The number of carbonyl (C=O) groups is 1. The van der Waals surface area contributed by atoms with Crippen LogP contribution in [-0.4, -0.2) is 55.4 Å². The van der Waals surface area contributed by atoms with E-state index >= 15 is 0 Å². The van der Waals surface area contributed by atoms with E-state index in [1.165, 1.54) is 5.56 Å². The molecule has 2 aliphatic rings. The average molecular weight is 493 g/mol. The lowest BCUT2D eigenvalue weighted by Gasteiger charge is -2.32. The molecule has 0 atom stereocenters. The molecular weight excluding hydrogens is 456 g/mol. The number of aryl methyl sites for hydroxylation is 1. The number of pyridine rings is 1. The predicted octanol–water partition coefficient (Wildman–Crippen LogP) is 5.14. The SMILES string of the molecule is CC.COc1ccc2c(C)ccc(NC(=O)N3CCC(NCc4ccc5c(c4)OCCO5)CC3)c2n1. The molecule has 0 radical (unpaired) electrons. The zero-order valence-electron chi connectivity index (χ0n) is 21.6. The number of ether oxygens (including phenoxy) is 3. The molecule has 192 valence electrons. The van der Waals surface area contributed by atoms with E-state index in [1.54, 1.807) is 7.11 Å². The zero-order valence-corrected chi connectivity index (χ0v) is 21.6. The monoisotopic (exact) mass is 492 g/mol. The van der Waals surface area contributed by atoms with Crippen molar-refractivity contribution in [2.45, 2.75) is 46.2 Å². The van der Waals surface area contributed by atoms with Gasteiger partial charge >= 0.3 is 6.03 Å². The summed E-state index contributed by atoms with van der Waals surface area (Å²) in [6.07, 6.45) is 1.80. The fourth-order valence-corrected chi connectivity index (χ4v) is 4.50. The Bertz CT molecular complexity index is 1190. The van der Waals surface area contributed by atoms with Crippen molar-refractivity contribution in [1.29, 1.82) is 0 Å². The maximum atomic E-state index is 13.0. The smallest absolute Gasteiger partial charge is 0.321 e. The summed E-state index contributed by atoms with van der Waals surface area (Å²) in [7, 11) is 1.59. The summed E-state index contributed by atoms with van der Waals surface area (Å²) in [6.45, 7) is 9.38. The molecule has 3 aromatic rings. The van der Waals surface area contributed by atoms with Gasteiger partial charge in [-0.15, -0.1) is 0 Å². The van der Waals surface area contributed by atoms with E-state index in [-0.39, 0.29) is 6.03 Å². The topological polar surface area (TPSA) is 85.0 Å². The van der Waals surface area contributed by atoms with Crippen molar-refractivity contribution in [2.24, 2.45) is 0 Å². The van der Waals surface area contributed by atoms with Gasteiger partial charge in [-0.2, -0.15) is 0 Å². The molecule has 3 heterocycles. The van der Waals surface area contributed by atoms with Crippen LogP contribution >= 0.6 is 0 Å². The zero-order chi connectivity index (χ0) is 25.5. The van der Waals surface area contributed by atoms with E-state index in [2.05, 4.69) is 21.7 Å². The van der Waals surface area contributed by atoms with Crippen LogP contribution in [0.2, 0.25) is 0 Å². The van der Waals surface area contributed by atoms with Crippen molar-refractivity contribution >= 4 is 22.6 Å². The number of anilines is 1. The molecule has 0 unspecified atom stereocenters. The second-order valence-electron chi connectivity index (χ2n) is 8.73. The van der Waals surface area contributed by atoms with Crippen molar-refractivity contribution in [3.8, 4) is 17.4 Å². The van der Waals surface area contributed by atoms with Crippen molar-refractivity contribution < 1.29 is 19.0 Å². The Balaban J connectivity index is 0.00000148. The summed E-state index contributed by atoms with van der Waals surface area (Å²) in [4.78, 5) is 19.4. The highest BCUT2D eigenvalue weighted by atomic mass is 16.6. The van der Waals surface area contributed by atoms with Crippen LogP contribution in [0, 0.1) is 6.92 Å². The number of hydrogen-bond acceptors (Lipinski definition) is 6. The van der Waals surface area contributed by atoms with E-state index < -0.39 is 0 Å². The Morgan fingerprint density at radius 3 is 2.56 bits per heavy atom. The van der Waals surface area contributed by atoms with Crippen LogP contribution in [0.5, 0.6) is 17.4 Å². The summed E-state index contributed by atoms with van der Waals surface area (Å²) < 4.78 is 16.5. The molecule has 0 spiro atoms. The van der Waals surface area contributed by atoms with Crippen LogP contribution in [0.3, 0.4) is 0 Å². The van der Waals surface area contributed by atoms with Gasteiger partial charge < -0.3 is 29.7 Å². The normalized spacial score (nSPS) is 15.2. The first-order valence-corrected chi connectivity index (χ1v) is 12.7. The van der Waals surface area contributed by atoms with Gasteiger partial charge in [-0.1, -0.05) is 26.0 Å². The van der Waals surface area contributed by atoms with E-state index in [4.69, 9.17) is 14.2 Å². The molecule has 2 amide bonds. The largest absolute Gasteiger partial charge is 0.486 e. The van der Waals surface area contributed by atoms with Gasteiger partial charge in [0.25, 0.3) is 0 Å². The number of amides is 2. The van der Waals surface area contributed by atoms with Crippen molar-refractivity contribution in [1.82, 2.24) is 15.2 Å². The van der Waals surface area contributed by atoms with E-state index in [1.807, 2.05) is 62.1 Å². The first kappa shape index (κ1) is 25.6. The summed E-state index contributed by atoms with van der Waals surface area (Å²) in [6, 6.07) is 14.1. The maximum absolute atomic E-state index is 13.0. The summed E-state index contributed by atoms with van der Waals surface area (Å²) in [5.74, 6) is 2.15. The van der Waals surface area contributed by atoms with Crippen LogP contribution < -0.4 is 24.8 Å². The Kier molecular flexibility index (Phi) is 8.48. The number of likely N-dealkylation sites (tertiary alicyclic amines) is 1. The van der Waals surface area contributed by atoms with Gasteiger partial charge in [0.1, 0.15) is 13.2 Å². The first-order valence-electron chi connectivity index (χ1n) is 12.7. The van der Waals surface area contributed by atoms with Crippen LogP contribution in [0.25, 0.3) is 10.9 Å². The van der Waals surface area contributed by atoms with E-state index in [0.717, 1.165) is 47.4 Å². The number of piperidine rings is 1. The minimum Gasteiger partial charge on any atom is -0.486 e. The van der Waals surface area contributed by atoms with Crippen molar-refractivity contribution in [3.05, 3.63) is 53.6 Å². The highest BCUT2D eigenvalue weighted by molar-refractivity contribution is 6.00. The summed E-state index contributed by atoms with van der Waals surface area (Å²) in [5.41, 5.74) is 3.71. The van der Waals surface area contributed by atoms with E-state index in [0.29, 0.717) is 43.9 Å². The standard InChI is InChI=1S/C26H30N4O4.C2H6/c1-17-3-6-21(25-20(17)5-8-24(29-25)32-2)28-26(31)30-11-9-19(10-12-30)27-16-18-4-7-22-23(15-18)34-14-13-33-22;1-2/h3-8,15,19,27H,9-14,16H2,1-2H3,(H,28,31);1-2H3. The number of nitrogens with zero attached hydrogens (tertiary/aromatic N) is 2. The van der Waals surface area contributed by atoms with Gasteiger partial charge in [-0.05, 0) is 55.2 Å². The van der Waals surface area contributed by atoms with Gasteiger partial charge in [0.15, 0.2) is 11.5 Å². The molecule has 1 fully saturated rings. The molecule has 2 aromatic carbocycles. The van der Waals surface area contributed by atoms with Crippen molar-refractivity contribution in [2.75, 3.05) is 38.7 Å². The molecule has 8 heteroatoms. The second kappa shape index (κ2) is 11.9. The number of nitrogens with one attached hydrogen (secondary N) is 2. The van der Waals surface area contributed by atoms with Gasteiger partial charge in [0, 0.05) is 37.1 Å². The molecule has 36 heavy (non-hydrogen) atoms. The minimum atomic E-state index is -0.0972. The molecular formula is C28H36N4O4. The molecule has 1 aromatic heterocycles. The van der Waals surface area contributed by atoms with Crippen LogP contribution in [0.4, 0.5) is 10.5 Å². The Hall–Kier alpha value is -3.52. The van der Waals surface area contributed by atoms with Crippen LogP contribution in [0.1, 0.15) is 37.8 Å². The Morgan fingerprint density at radius 1 is 1.06 bits per heavy atom. The molecule has 8 nitrogen and oxygen atoms in total. The fourth-order valence-electron chi connectivity index (χ4n) is 4.50. The lowest BCUT2D eigenvalue weighted by molar-refractivity contribution is 0.171. The van der Waals surface area contributed by atoms with Gasteiger partial charge in [0.05, 0.1) is 18.3 Å². The number of aromatic nitrogens is 1. The number of hydrogen-bond donors (Lipinski definition) is 2. The number of rotatable bonds is 5. The van der Waals surface area contributed by atoms with Gasteiger partial charge in [0.2, 0.25) is 5.88 Å². The highest BCUT2D eigenvalue weighted by Crippen LogP contribution is 2.31. The third-order valence-electron chi connectivity index (χ3n) is 6.48. The lowest BCUT2D eigenvalue weighted by Crippen LogP contribution is -2.46. The Labute approximate surface area is 212 Å². The number of urea groups is 1. The summed E-state index contributed by atoms with van der Waals surface area (Å²) >= 11 is 0. The minimum absolute atomic E-state index is 0.0972. The molecule has 2 aliphatic heterocycles. The molecule has 2 N–H and O–H groups in total. The maximum Gasteiger partial charge on any atom is 0.321 e. The van der Waals surface area contributed by atoms with Crippen LogP contribution in [-0.2, 0) is 6.54 Å². The third kappa shape index (κ3) is 5.82. The quantitative estimate of drug-likeness (QED) is 0.513. The number of carbonyl (C=O) groups excluding carboxylic acids is 1. The lowest BCUT2D eigenvalue weighted by atomic mass is 10.0. The number of benzene rings is 2. The highest BCUT2D eigenvalue weighted by Gasteiger charge is 2.23.